The Hall–Kier alpha value is -1.58. The molecule has 9 heteroatoms. The first-order valence-corrected chi connectivity index (χ1v) is 8.23. The number of aromatic nitrogens is 1. The molecule has 2 rings (SSSR count). The van der Waals surface area contributed by atoms with Crippen molar-refractivity contribution in [3.63, 3.8) is 0 Å². The second-order valence-corrected chi connectivity index (χ2v) is 6.72. The zero-order chi connectivity index (χ0) is 14.8. The third-order valence-electron chi connectivity index (χ3n) is 2.78. The van der Waals surface area contributed by atoms with Crippen LogP contribution in [0, 0.1) is 0 Å². The van der Waals surface area contributed by atoms with Gasteiger partial charge in [-0.15, -0.1) is 0 Å². The molecule has 0 saturated heterocycles. The van der Waals surface area contributed by atoms with Gasteiger partial charge < -0.3 is 15.1 Å². The summed E-state index contributed by atoms with van der Waals surface area (Å²) in [6.07, 6.45) is 0.282. The Labute approximate surface area is 120 Å². The third-order valence-corrected chi connectivity index (χ3v) is 4.64. The van der Waals surface area contributed by atoms with Gasteiger partial charge in [-0.3, -0.25) is 4.55 Å². The summed E-state index contributed by atoms with van der Waals surface area (Å²) >= 11 is 1.39. The van der Waals surface area contributed by atoms with Gasteiger partial charge in [-0.2, -0.15) is 13.5 Å². The van der Waals surface area contributed by atoms with Crippen molar-refractivity contribution in [1.82, 2.24) is 4.57 Å². The molecule has 20 heavy (non-hydrogen) atoms. The number of fused-ring (bicyclic) bond motifs is 1. The Balaban J connectivity index is 2.36. The molecule has 0 unspecified atom stereocenters. The third kappa shape index (κ3) is 3.30. The van der Waals surface area contributed by atoms with Gasteiger partial charge in [0.1, 0.15) is 5.75 Å². The average Bonchev–Trinajstić information content (AvgIpc) is 2.74. The molecule has 2 aromatic rings. The molecule has 0 aliphatic heterocycles. The molecule has 0 saturated carbocycles. The summed E-state index contributed by atoms with van der Waals surface area (Å²) in [6, 6.07) is 5.55. The fraction of sp³-hybridized carbons (Fsp3) is 0.364. The highest BCUT2D eigenvalue weighted by Crippen LogP contribution is 2.23. The van der Waals surface area contributed by atoms with E-state index in [1.54, 1.807) is 7.11 Å². The highest BCUT2D eigenvalue weighted by molar-refractivity contribution is 7.85. The van der Waals surface area contributed by atoms with E-state index in [1.165, 1.54) is 11.3 Å². The quantitative estimate of drug-likeness (QED) is 0.481. The van der Waals surface area contributed by atoms with Gasteiger partial charge in [0.2, 0.25) is 4.80 Å². The second-order valence-electron chi connectivity index (χ2n) is 4.14. The maximum atomic E-state index is 10.7. The predicted molar refractivity (Wildman–Crippen MR) is 77.2 cm³/mol. The number of ether oxygens (including phenoxy) is 1. The van der Waals surface area contributed by atoms with Crippen LogP contribution in [0.3, 0.4) is 0 Å². The molecule has 1 aromatic carbocycles. The summed E-state index contributed by atoms with van der Waals surface area (Å²) in [4.78, 5) is 0.587. The second kappa shape index (κ2) is 5.81. The van der Waals surface area contributed by atoms with Crippen molar-refractivity contribution in [2.45, 2.75) is 13.0 Å². The molecule has 0 aliphatic rings. The van der Waals surface area contributed by atoms with Crippen molar-refractivity contribution in [2.24, 2.45) is 10.9 Å². The number of hydrogen-bond donors (Lipinski definition) is 2. The minimum absolute atomic E-state index is 0.282. The van der Waals surface area contributed by atoms with Gasteiger partial charge in [0.25, 0.3) is 10.1 Å². The summed E-state index contributed by atoms with van der Waals surface area (Å²) < 4.78 is 38.2. The standard InChI is InChI=1S/C11H15N3O4S2/c1-18-8-3-4-9-10(7-8)19-11(13-12)14(9)5-2-6-20(15,16)17/h3-4,7H,2,5-6,12H2,1H3,(H,15,16,17). The lowest BCUT2D eigenvalue weighted by Gasteiger charge is -2.04. The van der Waals surface area contributed by atoms with Gasteiger partial charge in [0.05, 0.1) is 23.1 Å². The lowest BCUT2D eigenvalue weighted by molar-refractivity contribution is 0.415. The van der Waals surface area contributed by atoms with Crippen molar-refractivity contribution in [3.05, 3.63) is 23.0 Å². The molecular formula is C11H15N3O4S2. The topological polar surface area (TPSA) is 107 Å². The molecule has 0 spiro atoms. The largest absolute Gasteiger partial charge is 0.497 e. The van der Waals surface area contributed by atoms with E-state index >= 15 is 0 Å². The van der Waals surface area contributed by atoms with Crippen LogP contribution in [0.25, 0.3) is 10.2 Å². The van der Waals surface area contributed by atoms with Crippen LogP contribution in [-0.4, -0.2) is 30.4 Å². The Bertz CT molecular complexity index is 777. The normalized spacial score (nSPS) is 13.0. The monoisotopic (exact) mass is 317 g/mol. The molecule has 0 bridgehead atoms. The van der Waals surface area contributed by atoms with Crippen molar-refractivity contribution in [3.8, 4) is 5.75 Å². The van der Waals surface area contributed by atoms with Crippen molar-refractivity contribution in [1.29, 1.82) is 0 Å². The van der Waals surface area contributed by atoms with Gasteiger partial charge in [-0.1, -0.05) is 11.3 Å². The Morgan fingerprint density at radius 3 is 2.85 bits per heavy atom. The minimum atomic E-state index is -3.95. The molecule has 7 nitrogen and oxygen atoms in total. The van der Waals surface area contributed by atoms with Gasteiger partial charge >= 0.3 is 0 Å². The molecule has 1 heterocycles. The SMILES string of the molecule is COc1ccc2c(c1)sc(=NN)n2CCCS(=O)(=O)O. The van der Waals surface area contributed by atoms with E-state index in [4.69, 9.17) is 15.1 Å². The van der Waals surface area contributed by atoms with E-state index in [-0.39, 0.29) is 12.2 Å². The fourth-order valence-corrected chi connectivity index (χ4v) is 3.40. The summed E-state index contributed by atoms with van der Waals surface area (Å²) in [7, 11) is -2.37. The van der Waals surface area contributed by atoms with E-state index < -0.39 is 10.1 Å². The summed E-state index contributed by atoms with van der Waals surface area (Å²) in [5.74, 6) is 5.79. The average molecular weight is 317 g/mol. The van der Waals surface area contributed by atoms with Crippen LogP contribution in [0.5, 0.6) is 5.75 Å². The van der Waals surface area contributed by atoms with E-state index in [1.807, 2.05) is 22.8 Å². The van der Waals surface area contributed by atoms with Gasteiger partial charge in [-0.05, 0) is 24.6 Å². The summed E-state index contributed by atoms with van der Waals surface area (Å²) in [5, 5.41) is 3.71. The van der Waals surface area contributed by atoms with E-state index in [2.05, 4.69) is 5.10 Å². The maximum Gasteiger partial charge on any atom is 0.264 e. The smallest absolute Gasteiger partial charge is 0.264 e. The number of nitrogens with two attached hydrogens (primary N) is 1. The fourth-order valence-electron chi connectivity index (χ4n) is 1.90. The number of aryl methyl sites for hydroxylation is 1. The molecular weight excluding hydrogens is 302 g/mol. The first-order chi connectivity index (χ1) is 9.44. The number of hydrogen-bond acceptors (Lipinski definition) is 6. The Kier molecular flexibility index (Phi) is 4.31. The van der Waals surface area contributed by atoms with Crippen LogP contribution >= 0.6 is 11.3 Å². The lowest BCUT2D eigenvalue weighted by atomic mass is 10.3. The van der Waals surface area contributed by atoms with Gasteiger partial charge in [0, 0.05) is 6.54 Å². The van der Waals surface area contributed by atoms with Crippen LogP contribution in [0.15, 0.2) is 23.3 Å². The lowest BCUT2D eigenvalue weighted by Crippen LogP contribution is -2.18. The van der Waals surface area contributed by atoms with Gasteiger partial charge in [0.15, 0.2) is 0 Å². The number of rotatable bonds is 5. The van der Waals surface area contributed by atoms with Crippen LogP contribution in [0.2, 0.25) is 0 Å². The number of thiazole rings is 1. The molecule has 3 N–H and O–H groups in total. The molecule has 0 atom stereocenters. The molecule has 110 valence electrons. The minimum Gasteiger partial charge on any atom is -0.497 e. The number of benzene rings is 1. The van der Waals surface area contributed by atoms with Gasteiger partial charge in [-0.25, -0.2) is 0 Å². The van der Waals surface area contributed by atoms with Crippen LogP contribution in [-0.2, 0) is 16.7 Å². The van der Waals surface area contributed by atoms with Crippen molar-refractivity contribution < 1.29 is 17.7 Å². The summed E-state index contributed by atoms with van der Waals surface area (Å²) in [6.45, 7) is 0.405. The zero-order valence-electron chi connectivity index (χ0n) is 10.8. The number of nitrogens with zero attached hydrogens (tertiary/aromatic N) is 2. The van der Waals surface area contributed by atoms with E-state index in [0.29, 0.717) is 11.3 Å². The molecule has 0 fully saturated rings. The first kappa shape index (κ1) is 14.8. The maximum absolute atomic E-state index is 10.7. The first-order valence-electron chi connectivity index (χ1n) is 5.81. The van der Waals surface area contributed by atoms with Crippen molar-refractivity contribution >= 4 is 31.7 Å². The molecule has 1 aromatic heterocycles. The molecule has 0 amide bonds. The van der Waals surface area contributed by atoms with E-state index in [9.17, 15) is 8.42 Å². The molecule has 0 radical (unpaired) electrons. The number of methoxy groups -OCH3 is 1. The van der Waals surface area contributed by atoms with Crippen LogP contribution in [0.4, 0.5) is 0 Å². The Morgan fingerprint density at radius 2 is 2.25 bits per heavy atom. The summed E-state index contributed by atoms with van der Waals surface area (Å²) in [5.41, 5.74) is 0.898. The highest BCUT2D eigenvalue weighted by Gasteiger charge is 2.09. The molecule has 0 aliphatic carbocycles. The van der Waals surface area contributed by atoms with E-state index in [0.717, 1.165) is 16.0 Å². The highest BCUT2D eigenvalue weighted by atomic mass is 32.2. The predicted octanol–water partition coefficient (Wildman–Crippen LogP) is 0.764. The Morgan fingerprint density at radius 1 is 1.50 bits per heavy atom. The van der Waals surface area contributed by atoms with Crippen molar-refractivity contribution in [2.75, 3.05) is 12.9 Å². The zero-order valence-corrected chi connectivity index (χ0v) is 12.4. The van der Waals surface area contributed by atoms with Crippen LogP contribution in [0.1, 0.15) is 6.42 Å². The van der Waals surface area contributed by atoms with Crippen LogP contribution < -0.4 is 15.4 Å².